The first kappa shape index (κ1) is 14.4. The molecule has 2 heterocycles. The Morgan fingerprint density at radius 2 is 1.77 bits per heavy atom. The highest BCUT2D eigenvalue weighted by molar-refractivity contribution is 7.17. The average molecular weight is 317 g/mol. The number of nitriles is 1. The van der Waals surface area contributed by atoms with E-state index < -0.39 is 0 Å². The second kappa shape index (κ2) is 5.66. The van der Waals surface area contributed by atoms with Crippen LogP contribution in [0.4, 0.5) is 16.4 Å². The predicted molar refractivity (Wildman–Crippen MR) is 85.8 cm³/mol. The van der Waals surface area contributed by atoms with Crippen molar-refractivity contribution in [1.29, 1.82) is 5.26 Å². The molecule has 2 aromatic rings. The van der Waals surface area contributed by atoms with Gasteiger partial charge in [-0.2, -0.15) is 5.26 Å². The van der Waals surface area contributed by atoms with E-state index in [9.17, 15) is 0 Å². The topological polar surface area (TPSA) is 66.8 Å². The van der Waals surface area contributed by atoms with E-state index in [1.807, 2.05) is 18.2 Å². The number of thiophene rings is 1. The van der Waals surface area contributed by atoms with Gasteiger partial charge in [0.25, 0.3) is 0 Å². The van der Waals surface area contributed by atoms with Crippen LogP contribution >= 0.6 is 11.3 Å². The summed E-state index contributed by atoms with van der Waals surface area (Å²) in [4.78, 5) is 2.64. The van der Waals surface area contributed by atoms with Gasteiger partial charge in [0.1, 0.15) is 21.7 Å². The first-order chi connectivity index (χ1) is 10.7. The van der Waals surface area contributed by atoms with E-state index >= 15 is 0 Å². The predicted octanol–water partition coefficient (Wildman–Crippen LogP) is 3.17. The number of hydrogen-bond acceptors (Lipinski definition) is 7. The number of hydrogen-bond donors (Lipinski definition) is 1. The van der Waals surface area contributed by atoms with Crippen molar-refractivity contribution in [2.24, 2.45) is 0 Å². The summed E-state index contributed by atoms with van der Waals surface area (Å²) in [6.07, 6.45) is 0. The first-order valence-electron chi connectivity index (χ1n) is 6.57. The summed E-state index contributed by atoms with van der Waals surface area (Å²) in [6.45, 7) is 0.611. The SMILES string of the molecule is COc1cc2c(cc1OC)N(c1cc(OC)c(C#N)s1)CN2. The van der Waals surface area contributed by atoms with Gasteiger partial charge < -0.3 is 24.4 Å². The van der Waals surface area contributed by atoms with Gasteiger partial charge in [-0.25, -0.2) is 0 Å². The number of anilines is 3. The minimum absolute atomic E-state index is 0.562. The Kier molecular flexibility index (Phi) is 3.69. The lowest BCUT2D eigenvalue weighted by Gasteiger charge is -2.16. The van der Waals surface area contributed by atoms with Gasteiger partial charge in [0.05, 0.1) is 39.4 Å². The molecule has 1 aromatic heterocycles. The number of fused-ring (bicyclic) bond motifs is 1. The first-order valence-corrected chi connectivity index (χ1v) is 7.38. The Bertz CT molecular complexity index is 751. The summed E-state index contributed by atoms with van der Waals surface area (Å²) in [7, 11) is 4.79. The fraction of sp³-hybridized carbons (Fsp3) is 0.267. The number of ether oxygens (including phenoxy) is 3. The number of benzene rings is 1. The lowest BCUT2D eigenvalue weighted by molar-refractivity contribution is 0.355. The highest BCUT2D eigenvalue weighted by atomic mass is 32.1. The van der Waals surface area contributed by atoms with E-state index in [1.165, 1.54) is 11.3 Å². The van der Waals surface area contributed by atoms with Crippen molar-refractivity contribution in [3.8, 4) is 23.3 Å². The van der Waals surface area contributed by atoms with Gasteiger partial charge in [-0.15, -0.1) is 11.3 Å². The number of methoxy groups -OCH3 is 3. The van der Waals surface area contributed by atoms with Crippen molar-refractivity contribution in [2.45, 2.75) is 0 Å². The van der Waals surface area contributed by atoms with Crippen LogP contribution in [0.15, 0.2) is 18.2 Å². The van der Waals surface area contributed by atoms with Gasteiger partial charge in [0, 0.05) is 18.2 Å². The molecule has 7 heteroatoms. The molecule has 0 saturated heterocycles. The molecule has 0 fully saturated rings. The third-order valence-electron chi connectivity index (χ3n) is 3.49. The van der Waals surface area contributed by atoms with Gasteiger partial charge >= 0.3 is 0 Å². The van der Waals surface area contributed by atoms with Crippen LogP contribution in [-0.4, -0.2) is 28.0 Å². The minimum Gasteiger partial charge on any atom is -0.494 e. The van der Waals surface area contributed by atoms with Crippen molar-refractivity contribution < 1.29 is 14.2 Å². The highest BCUT2D eigenvalue weighted by Crippen LogP contribution is 2.46. The fourth-order valence-electron chi connectivity index (χ4n) is 2.40. The lowest BCUT2D eigenvalue weighted by Crippen LogP contribution is -2.15. The summed E-state index contributed by atoms with van der Waals surface area (Å²) in [5, 5.41) is 13.4. The molecule has 1 N–H and O–H groups in total. The maximum atomic E-state index is 9.16. The van der Waals surface area contributed by atoms with E-state index in [4.69, 9.17) is 19.5 Å². The van der Waals surface area contributed by atoms with Crippen molar-refractivity contribution in [1.82, 2.24) is 0 Å². The second-order valence-corrected chi connectivity index (χ2v) is 5.61. The molecule has 0 atom stereocenters. The third-order valence-corrected chi connectivity index (χ3v) is 4.54. The van der Waals surface area contributed by atoms with E-state index in [1.54, 1.807) is 21.3 Å². The zero-order chi connectivity index (χ0) is 15.7. The summed E-state index contributed by atoms with van der Waals surface area (Å²) in [5.74, 6) is 1.94. The summed E-state index contributed by atoms with van der Waals surface area (Å²) in [6, 6.07) is 7.86. The number of nitrogens with zero attached hydrogens (tertiary/aromatic N) is 2. The van der Waals surface area contributed by atoms with Gasteiger partial charge in [-0.1, -0.05) is 0 Å². The quantitative estimate of drug-likeness (QED) is 0.934. The van der Waals surface area contributed by atoms with Crippen LogP contribution in [0.2, 0.25) is 0 Å². The zero-order valence-corrected chi connectivity index (χ0v) is 13.3. The summed E-state index contributed by atoms with van der Waals surface area (Å²) >= 11 is 1.40. The zero-order valence-electron chi connectivity index (χ0n) is 12.5. The highest BCUT2D eigenvalue weighted by Gasteiger charge is 2.25. The average Bonchev–Trinajstić information content (AvgIpc) is 3.15. The van der Waals surface area contributed by atoms with E-state index in [2.05, 4.69) is 16.3 Å². The van der Waals surface area contributed by atoms with Crippen molar-refractivity contribution in [2.75, 3.05) is 38.2 Å². The van der Waals surface area contributed by atoms with Crippen LogP contribution in [-0.2, 0) is 0 Å². The smallest absolute Gasteiger partial charge is 0.162 e. The third kappa shape index (κ3) is 2.18. The number of nitrogens with one attached hydrogen (secondary N) is 1. The molecule has 0 unspecified atom stereocenters. The Hall–Kier alpha value is -2.59. The monoisotopic (exact) mass is 317 g/mol. The maximum absolute atomic E-state index is 9.16. The Labute approximate surface area is 132 Å². The standard InChI is InChI=1S/C15H15N3O3S/c1-19-11-4-9-10(5-12(11)20-2)18(8-17-9)15-6-13(21-3)14(7-16)22-15/h4-6,17H,8H2,1-3H3. The molecule has 1 aliphatic rings. The molecule has 0 spiro atoms. The molecule has 114 valence electrons. The van der Waals surface area contributed by atoms with E-state index in [0.717, 1.165) is 16.4 Å². The Morgan fingerprint density at radius 1 is 1.09 bits per heavy atom. The largest absolute Gasteiger partial charge is 0.494 e. The number of rotatable bonds is 4. The van der Waals surface area contributed by atoms with Crippen LogP contribution in [0, 0.1) is 11.3 Å². The minimum atomic E-state index is 0.562. The van der Waals surface area contributed by atoms with Crippen LogP contribution in [0.25, 0.3) is 0 Å². The molecule has 3 rings (SSSR count). The molecule has 1 aliphatic heterocycles. The molecule has 0 radical (unpaired) electrons. The molecule has 0 amide bonds. The maximum Gasteiger partial charge on any atom is 0.162 e. The summed E-state index contributed by atoms with van der Waals surface area (Å²) < 4.78 is 15.9. The van der Waals surface area contributed by atoms with Crippen molar-refractivity contribution in [3.63, 3.8) is 0 Å². The van der Waals surface area contributed by atoms with Crippen LogP contribution < -0.4 is 24.4 Å². The Balaban J connectivity index is 2.04. The van der Waals surface area contributed by atoms with Crippen LogP contribution in [0.1, 0.15) is 4.88 Å². The normalized spacial score (nSPS) is 12.4. The van der Waals surface area contributed by atoms with Crippen molar-refractivity contribution in [3.05, 3.63) is 23.1 Å². The second-order valence-electron chi connectivity index (χ2n) is 4.58. The van der Waals surface area contributed by atoms with Crippen LogP contribution in [0.5, 0.6) is 17.2 Å². The molecule has 1 aromatic carbocycles. The van der Waals surface area contributed by atoms with E-state index in [0.29, 0.717) is 28.8 Å². The molecular weight excluding hydrogens is 302 g/mol. The molecular formula is C15H15N3O3S. The van der Waals surface area contributed by atoms with Gasteiger partial charge in [0.2, 0.25) is 0 Å². The van der Waals surface area contributed by atoms with Crippen molar-refractivity contribution >= 4 is 27.7 Å². The molecule has 22 heavy (non-hydrogen) atoms. The summed E-state index contributed by atoms with van der Waals surface area (Å²) in [5.41, 5.74) is 1.94. The van der Waals surface area contributed by atoms with Crippen LogP contribution in [0.3, 0.4) is 0 Å². The lowest BCUT2D eigenvalue weighted by atomic mass is 10.2. The van der Waals surface area contributed by atoms with Gasteiger partial charge in [-0.3, -0.25) is 0 Å². The Morgan fingerprint density at radius 3 is 2.36 bits per heavy atom. The van der Waals surface area contributed by atoms with Gasteiger partial charge in [-0.05, 0) is 0 Å². The molecule has 0 bridgehead atoms. The fourth-order valence-corrected chi connectivity index (χ4v) is 3.34. The molecule has 0 aliphatic carbocycles. The van der Waals surface area contributed by atoms with Gasteiger partial charge in [0.15, 0.2) is 11.5 Å². The molecule has 6 nitrogen and oxygen atoms in total. The van der Waals surface area contributed by atoms with E-state index in [-0.39, 0.29) is 0 Å². The molecule has 0 saturated carbocycles.